The molecule has 1 heterocycles. The quantitative estimate of drug-likeness (QED) is 0.847. The smallest absolute Gasteiger partial charge is 0.0334 e. The zero-order valence-corrected chi connectivity index (χ0v) is 13.5. The topological polar surface area (TPSA) is 29.3 Å². The summed E-state index contributed by atoms with van der Waals surface area (Å²) >= 11 is 0. The summed E-state index contributed by atoms with van der Waals surface area (Å²) in [6.45, 7) is 13.0. The summed E-state index contributed by atoms with van der Waals surface area (Å²) in [5, 5.41) is 0. The average Bonchev–Trinajstić information content (AvgIpc) is 2.42. The van der Waals surface area contributed by atoms with E-state index < -0.39 is 0 Å². The van der Waals surface area contributed by atoms with Crippen LogP contribution in [0.3, 0.4) is 0 Å². The Morgan fingerprint density at radius 1 is 1.11 bits per heavy atom. The molecule has 0 aromatic heterocycles. The van der Waals surface area contributed by atoms with Gasteiger partial charge in [-0.05, 0) is 68.9 Å². The predicted octanol–water partition coefficient (Wildman–Crippen LogP) is 3.51. The van der Waals surface area contributed by atoms with E-state index >= 15 is 0 Å². The Kier molecular flexibility index (Phi) is 4.94. The van der Waals surface area contributed by atoms with Crippen molar-refractivity contribution in [1.82, 2.24) is 4.90 Å². The molecule has 1 aliphatic heterocycles. The van der Waals surface area contributed by atoms with Gasteiger partial charge in [-0.1, -0.05) is 27.7 Å². The molecule has 2 N–H and O–H groups in total. The van der Waals surface area contributed by atoms with Crippen LogP contribution < -0.4 is 5.73 Å². The molecular formula is C17H34N2. The second-order valence-electron chi connectivity index (χ2n) is 7.69. The van der Waals surface area contributed by atoms with E-state index in [0.29, 0.717) is 5.54 Å². The number of nitrogens with two attached hydrogens (primary N) is 1. The van der Waals surface area contributed by atoms with Crippen molar-refractivity contribution in [2.75, 3.05) is 19.6 Å². The van der Waals surface area contributed by atoms with Gasteiger partial charge in [0, 0.05) is 12.1 Å². The first kappa shape index (κ1) is 15.3. The zero-order valence-electron chi connectivity index (χ0n) is 13.5. The molecule has 3 atom stereocenters. The Balaban J connectivity index is 1.99. The van der Waals surface area contributed by atoms with Crippen molar-refractivity contribution in [3.63, 3.8) is 0 Å². The molecule has 1 saturated carbocycles. The van der Waals surface area contributed by atoms with E-state index in [1.807, 2.05) is 0 Å². The van der Waals surface area contributed by atoms with Gasteiger partial charge in [-0.2, -0.15) is 0 Å². The fourth-order valence-electron chi connectivity index (χ4n) is 4.33. The van der Waals surface area contributed by atoms with Crippen LogP contribution in [0.15, 0.2) is 0 Å². The van der Waals surface area contributed by atoms with E-state index in [1.165, 1.54) is 45.2 Å². The van der Waals surface area contributed by atoms with Gasteiger partial charge in [-0.3, -0.25) is 4.90 Å². The first-order valence-corrected chi connectivity index (χ1v) is 8.43. The molecule has 0 bridgehead atoms. The Hall–Kier alpha value is -0.0800. The molecule has 2 rings (SSSR count). The molecule has 1 saturated heterocycles. The number of rotatable bonds is 3. The highest BCUT2D eigenvalue weighted by Crippen LogP contribution is 2.41. The highest BCUT2D eigenvalue weighted by atomic mass is 15.2. The minimum Gasteiger partial charge on any atom is -0.329 e. The summed E-state index contributed by atoms with van der Waals surface area (Å²) in [6, 6.07) is 0. The van der Waals surface area contributed by atoms with Crippen molar-refractivity contribution < 1.29 is 0 Å². The van der Waals surface area contributed by atoms with E-state index in [2.05, 4.69) is 32.6 Å². The standard InChI is InChI=1S/C17H34N2/c1-13(2)16-6-9-19(10-7-16)17(12-18)8-5-14(3)15(4)11-17/h13-16H,5-12,18H2,1-4H3. The van der Waals surface area contributed by atoms with Gasteiger partial charge in [0.05, 0.1) is 0 Å². The van der Waals surface area contributed by atoms with Crippen molar-refractivity contribution in [3.05, 3.63) is 0 Å². The van der Waals surface area contributed by atoms with E-state index in [4.69, 9.17) is 5.73 Å². The average molecular weight is 266 g/mol. The second kappa shape index (κ2) is 6.13. The van der Waals surface area contributed by atoms with Crippen LogP contribution in [0, 0.1) is 23.7 Å². The van der Waals surface area contributed by atoms with Crippen LogP contribution in [-0.2, 0) is 0 Å². The van der Waals surface area contributed by atoms with Crippen LogP contribution in [-0.4, -0.2) is 30.1 Å². The third kappa shape index (κ3) is 3.16. The number of hydrogen-bond donors (Lipinski definition) is 1. The number of nitrogens with zero attached hydrogens (tertiary/aromatic N) is 1. The molecule has 2 fully saturated rings. The van der Waals surface area contributed by atoms with Gasteiger partial charge in [-0.15, -0.1) is 0 Å². The monoisotopic (exact) mass is 266 g/mol. The molecule has 2 nitrogen and oxygen atoms in total. The van der Waals surface area contributed by atoms with Gasteiger partial charge < -0.3 is 5.73 Å². The molecule has 0 spiro atoms. The summed E-state index contributed by atoms with van der Waals surface area (Å²) in [7, 11) is 0. The van der Waals surface area contributed by atoms with Crippen LogP contribution in [0.5, 0.6) is 0 Å². The summed E-state index contributed by atoms with van der Waals surface area (Å²) < 4.78 is 0. The van der Waals surface area contributed by atoms with Crippen LogP contribution in [0.1, 0.15) is 59.8 Å². The molecule has 19 heavy (non-hydrogen) atoms. The maximum Gasteiger partial charge on any atom is 0.0334 e. The Bertz CT molecular complexity index is 281. The molecule has 0 radical (unpaired) electrons. The van der Waals surface area contributed by atoms with Crippen molar-refractivity contribution in [3.8, 4) is 0 Å². The first-order chi connectivity index (χ1) is 8.98. The van der Waals surface area contributed by atoms with Gasteiger partial charge in [0.25, 0.3) is 0 Å². The number of hydrogen-bond acceptors (Lipinski definition) is 2. The van der Waals surface area contributed by atoms with E-state index in [9.17, 15) is 0 Å². The normalized spacial score (nSPS) is 38.8. The molecule has 1 aliphatic carbocycles. The van der Waals surface area contributed by atoms with Crippen LogP contribution >= 0.6 is 0 Å². The summed E-state index contributed by atoms with van der Waals surface area (Å²) in [5.74, 6) is 3.50. The lowest BCUT2D eigenvalue weighted by Crippen LogP contribution is -2.59. The number of likely N-dealkylation sites (tertiary alicyclic amines) is 1. The lowest BCUT2D eigenvalue weighted by atomic mass is 9.69. The van der Waals surface area contributed by atoms with Crippen LogP contribution in [0.25, 0.3) is 0 Å². The summed E-state index contributed by atoms with van der Waals surface area (Å²) in [4.78, 5) is 2.76. The molecule has 0 aromatic rings. The lowest BCUT2D eigenvalue weighted by Gasteiger charge is -2.52. The molecule has 2 heteroatoms. The fraction of sp³-hybridized carbons (Fsp3) is 1.00. The van der Waals surface area contributed by atoms with Gasteiger partial charge >= 0.3 is 0 Å². The van der Waals surface area contributed by atoms with Gasteiger partial charge in [0.2, 0.25) is 0 Å². The fourth-order valence-corrected chi connectivity index (χ4v) is 4.33. The predicted molar refractivity (Wildman–Crippen MR) is 83.1 cm³/mol. The third-order valence-corrected chi connectivity index (χ3v) is 6.27. The molecule has 0 aromatic carbocycles. The highest BCUT2D eigenvalue weighted by molar-refractivity contribution is 4.98. The maximum atomic E-state index is 6.23. The van der Waals surface area contributed by atoms with Crippen molar-refractivity contribution in [1.29, 1.82) is 0 Å². The van der Waals surface area contributed by atoms with Gasteiger partial charge in [0.1, 0.15) is 0 Å². The SMILES string of the molecule is CC(C)C1CCN(C2(CN)CCC(C)C(C)C2)CC1. The molecule has 0 amide bonds. The second-order valence-corrected chi connectivity index (χ2v) is 7.69. The van der Waals surface area contributed by atoms with Crippen molar-refractivity contribution >= 4 is 0 Å². The Labute approximate surface area is 120 Å². The number of piperidine rings is 1. The maximum absolute atomic E-state index is 6.23. The molecule has 2 aliphatic rings. The van der Waals surface area contributed by atoms with E-state index in [0.717, 1.165) is 30.2 Å². The molecular weight excluding hydrogens is 232 g/mol. The van der Waals surface area contributed by atoms with Crippen LogP contribution in [0.2, 0.25) is 0 Å². The summed E-state index contributed by atoms with van der Waals surface area (Å²) in [5.41, 5.74) is 6.56. The molecule has 112 valence electrons. The van der Waals surface area contributed by atoms with Crippen molar-refractivity contribution in [2.45, 2.75) is 65.3 Å². The Morgan fingerprint density at radius 2 is 1.74 bits per heavy atom. The molecule has 3 unspecified atom stereocenters. The van der Waals surface area contributed by atoms with Gasteiger partial charge in [-0.25, -0.2) is 0 Å². The minimum atomic E-state index is 0.327. The zero-order chi connectivity index (χ0) is 14.0. The van der Waals surface area contributed by atoms with Gasteiger partial charge in [0.15, 0.2) is 0 Å². The first-order valence-electron chi connectivity index (χ1n) is 8.43. The van der Waals surface area contributed by atoms with Crippen LogP contribution in [0.4, 0.5) is 0 Å². The lowest BCUT2D eigenvalue weighted by molar-refractivity contribution is -0.00583. The minimum absolute atomic E-state index is 0.327. The van der Waals surface area contributed by atoms with E-state index in [-0.39, 0.29) is 0 Å². The largest absolute Gasteiger partial charge is 0.329 e. The van der Waals surface area contributed by atoms with E-state index in [1.54, 1.807) is 0 Å². The van der Waals surface area contributed by atoms with Crippen molar-refractivity contribution in [2.24, 2.45) is 29.4 Å². The Morgan fingerprint density at radius 3 is 2.21 bits per heavy atom. The highest BCUT2D eigenvalue weighted by Gasteiger charge is 2.42. The summed E-state index contributed by atoms with van der Waals surface area (Å²) in [6.07, 6.45) is 6.76. The third-order valence-electron chi connectivity index (χ3n) is 6.27.